The van der Waals surface area contributed by atoms with E-state index in [-0.39, 0.29) is 11.8 Å². The molecule has 1 atom stereocenters. The third kappa shape index (κ3) is 4.51. The first-order valence-corrected chi connectivity index (χ1v) is 8.30. The van der Waals surface area contributed by atoms with Crippen LogP contribution in [-0.2, 0) is 16.6 Å². The van der Waals surface area contributed by atoms with Crippen LogP contribution in [0.2, 0.25) is 5.02 Å². The van der Waals surface area contributed by atoms with Gasteiger partial charge in [-0.15, -0.1) is 0 Å². The molecule has 0 unspecified atom stereocenters. The number of benzene rings is 2. The number of hydrogen-bond acceptors (Lipinski definition) is 2. The van der Waals surface area contributed by atoms with Gasteiger partial charge >= 0.3 is 5.97 Å². The minimum Gasteiger partial charge on any atom is -0.478 e. The lowest BCUT2D eigenvalue weighted by Gasteiger charge is -2.25. The van der Waals surface area contributed by atoms with Crippen molar-refractivity contribution in [3.8, 4) is 5.75 Å². The average molecular weight is 347 g/mol. The number of hydrogen-bond donors (Lipinski definition) is 1. The van der Waals surface area contributed by atoms with Crippen molar-refractivity contribution in [1.82, 2.24) is 0 Å². The summed E-state index contributed by atoms with van der Waals surface area (Å²) >= 11 is 5.97. The van der Waals surface area contributed by atoms with Crippen LogP contribution in [0.1, 0.15) is 37.5 Å². The molecule has 0 aliphatic rings. The summed E-state index contributed by atoms with van der Waals surface area (Å²) in [5.41, 5.74) is 2.74. The summed E-state index contributed by atoms with van der Waals surface area (Å²) in [5.74, 6) is -0.364. The number of halogens is 1. The molecule has 0 saturated carbocycles. The van der Waals surface area contributed by atoms with E-state index >= 15 is 0 Å². The topological polar surface area (TPSA) is 46.5 Å². The Hall–Kier alpha value is -2.00. The Morgan fingerprint density at radius 3 is 2.46 bits per heavy atom. The summed E-state index contributed by atoms with van der Waals surface area (Å²) in [7, 11) is 0. The van der Waals surface area contributed by atoms with Gasteiger partial charge in [0.25, 0.3) is 0 Å². The highest BCUT2D eigenvalue weighted by atomic mass is 35.5. The molecule has 0 spiro atoms. The Labute approximate surface area is 148 Å². The highest BCUT2D eigenvalue weighted by Crippen LogP contribution is 2.32. The summed E-state index contributed by atoms with van der Waals surface area (Å²) in [4.78, 5) is 11.7. The molecule has 0 heterocycles. The Kier molecular flexibility index (Phi) is 5.55. The van der Waals surface area contributed by atoms with Gasteiger partial charge in [0.2, 0.25) is 0 Å². The lowest BCUT2D eigenvalue weighted by molar-refractivity contribution is -0.145. The highest BCUT2D eigenvalue weighted by Gasteiger charge is 2.25. The molecule has 2 aromatic carbocycles. The van der Waals surface area contributed by atoms with Crippen molar-refractivity contribution in [2.45, 2.75) is 45.6 Å². The van der Waals surface area contributed by atoms with Crippen molar-refractivity contribution in [3.05, 3.63) is 64.2 Å². The summed E-state index contributed by atoms with van der Waals surface area (Å²) in [6.45, 7) is 8.15. The summed E-state index contributed by atoms with van der Waals surface area (Å²) in [5, 5.41) is 10.2. The molecule has 0 bridgehead atoms. The van der Waals surface area contributed by atoms with Crippen molar-refractivity contribution >= 4 is 17.6 Å². The maximum atomic E-state index is 11.7. The number of ether oxygens (including phenoxy) is 1. The van der Waals surface area contributed by atoms with Crippen LogP contribution in [0.3, 0.4) is 0 Å². The van der Waals surface area contributed by atoms with Crippen molar-refractivity contribution in [2.24, 2.45) is 0 Å². The van der Waals surface area contributed by atoms with Crippen LogP contribution in [0.4, 0.5) is 0 Å². The van der Waals surface area contributed by atoms with Crippen LogP contribution in [0.5, 0.6) is 5.75 Å². The van der Waals surface area contributed by atoms with E-state index in [0.717, 1.165) is 16.7 Å². The second-order valence-corrected chi connectivity index (χ2v) is 7.40. The van der Waals surface area contributed by atoms with E-state index in [1.54, 1.807) is 6.07 Å². The van der Waals surface area contributed by atoms with Gasteiger partial charge in [0.05, 0.1) is 0 Å². The summed E-state index contributed by atoms with van der Waals surface area (Å²) < 4.78 is 5.89. The molecule has 0 fully saturated rings. The van der Waals surface area contributed by atoms with E-state index in [2.05, 4.69) is 20.8 Å². The van der Waals surface area contributed by atoms with Crippen molar-refractivity contribution in [2.75, 3.05) is 0 Å². The van der Waals surface area contributed by atoms with Gasteiger partial charge in [-0.1, -0.05) is 56.6 Å². The number of aliphatic carboxylic acids is 1. The van der Waals surface area contributed by atoms with Crippen LogP contribution in [-0.4, -0.2) is 17.2 Å². The van der Waals surface area contributed by atoms with Crippen molar-refractivity contribution in [1.29, 1.82) is 0 Å². The zero-order valence-corrected chi connectivity index (χ0v) is 15.2. The van der Waals surface area contributed by atoms with Gasteiger partial charge in [0.1, 0.15) is 5.75 Å². The molecule has 0 saturated heterocycles. The van der Waals surface area contributed by atoms with E-state index < -0.39 is 12.1 Å². The molecule has 4 heteroatoms. The van der Waals surface area contributed by atoms with Gasteiger partial charge in [-0.05, 0) is 47.2 Å². The van der Waals surface area contributed by atoms with E-state index in [0.29, 0.717) is 10.8 Å². The van der Waals surface area contributed by atoms with Crippen LogP contribution in [0, 0.1) is 6.92 Å². The smallest absolute Gasteiger partial charge is 0.345 e. The molecule has 128 valence electrons. The van der Waals surface area contributed by atoms with E-state index in [1.807, 2.05) is 43.3 Å². The van der Waals surface area contributed by atoms with Crippen molar-refractivity contribution in [3.63, 3.8) is 0 Å². The normalized spacial score (nSPS) is 12.7. The summed E-state index contributed by atoms with van der Waals surface area (Å²) in [6.07, 6.45) is -0.662. The van der Waals surface area contributed by atoms with Crippen LogP contribution in [0.15, 0.2) is 42.5 Å². The maximum absolute atomic E-state index is 11.7. The molecule has 1 N–H and O–H groups in total. The second-order valence-electron chi connectivity index (χ2n) is 6.97. The second kappa shape index (κ2) is 7.27. The van der Waals surface area contributed by atoms with Gasteiger partial charge in [-0.2, -0.15) is 0 Å². The Bertz CT molecular complexity index is 732. The number of para-hydroxylation sites is 1. The molecular formula is C20H23ClO3. The van der Waals surface area contributed by atoms with E-state index in [4.69, 9.17) is 16.3 Å². The van der Waals surface area contributed by atoms with Crippen LogP contribution >= 0.6 is 11.6 Å². The SMILES string of the molecule is Cc1cc(Cl)ccc1C[C@@H](Oc1ccccc1C(C)(C)C)C(=O)O. The number of carbonyl (C=O) groups is 1. The molecule has 0 amide bonds. The first-order valence-electron chi connectivity index (χ1n) is 7.92. The molecule has 0 radical (unpaired) electrons. The first-order chi connectivity index (χ1) is 11.2. The van der Waals surface area contributed by atoms with Crippen LogP contribution in [0.25, 0.3) is 0 Å². The molecule has 2 aromatic rings. The minimum absolute atomic E-state index is 0.129. The zero-order valence-electron chi connectivity index (χ0n) is 14.5. The van der Waals surface area contributed by atoms with Gasteiger partial charge in [0, 0.05) is 11.4 Å². The molecule has 0 aliphatic carbocycles. The van der Waals surface area contributed by atoms with Crippen LogP contribution < -0.4 is 4.74 Å². The summed E-state index contributed by atoms with van der Waals surface area (Å²) in [6, 6.07) is 13.0. The molecule has 24 heavy (non-hydrogen) atoms. The average Bonchev–Trinajstić information content (AvgIpc) is 2.48. The van der Waals surface area contributed by atoms with E-state index in [1.165, 1.54) is 0 Å². The number of carboxylic acid groups (broad SMARTS) is 1. The fourth-order valence-electron chi connectivity index (χ4n) is 2.61. The molecule has 2 rings (SSSR count). The van der Waals surface area contributed by atoms with Gasteiger partial charge < -0.3 is 9.84 Å². The Balaban J connectivity index is 2.29. The standard InChI is InChI=1S/C20H23ClO3/c1-13-11-15(21)10-9-14(13)12-18(19(22)23)24-17-8-6-5-7-16(17)20(2,3)4/h5-11,18H,12H2,1-4H3,(H,22,23)/t18-/m1/s1. The van der Waals surface area contributed by atoms with E-state index in [9.17, 15) is 9.90 Å². The molecule has 0 aliphatic heterocycles. The fraction of sp³-hybridized carbons (Fsp3) is 0.350. The fourth-order valence-corrected chi connectivity index (χ4v) is 2.84. The van der Waals surface area contributed by atoms with Gasteiger partial charge in [0.15, 0.2) is 6.10 Å². The largest absolute Gasteiger partial charge is 0.478 e. The van der Waals surface area contributed by atoms with Crippen molar-refractivity contribution < 1.29 is 14.6 Å². The quantitative estimate of drug-likeness (QED) is 0.826. The lowest BCUT2D eigenvalue weighted by Crippen LogP contribution is -2.30. The first kappa shape index (κ1) is 18.3. The number of carboxylic acids is 1. The van der Waals surface area contributed by atoms with Gasteiger partial charge in [-0.3, -0.25) is 0 Å². The minimum atomic E-state index is -0.979. The predicted octanol–water partition coefficient (Wildman–Crippen LogP) is 5.02. The van der Waals surface area contributed by atoms with Gasteiger partial charge in [-0.25, -0.2) is 4.79 Å². The monoisotopic (exact) mass is 346 g/mol. The zero-order chi connectivity index (χ0) is 17.9. The third-order valence-electron chi connectivity index (χ3n) is 3.95. The molecular weight excluding hydrogens is 324 g/mol. The highest BCUT2D eigenvalue weighted by molar-refractivity contribution is 6.30. The third-order valence-corrected chi connectivity index (χ3v) is 4.18. The number of aryl methyl sites for hydroxylation is 1. The molecule has 0 aromatic heterocycles. The predicted molar refractivity (Wildman–Crippen MR) is 97.1 cm³/mol. The molecule has 3 nitrogen and oxygen atoms in total. The maximum Gasteiger partial charge on any atom is 0.345 e. The Morgan fingerprint density at radius 2 is 1.88 bits per heavy atom. The lowest BCUT2D eigenvalue weighted by atomic mass is 9.86. The Morgan fingerprint density at radius 1 is 1.21 bits per heavy atom. The number of rotatable bonds is 5.